The quantitative estimate of drug-likeness (QED) is 0.477. The highest BCUT2D eigenvalue weighted by Crippen LogP contribution is 2.15. The number of hydrogen-bond donors (Lipinski definition) is 1. The van der Waals surface area contributed by atoms with Crippen molar-refractivity contribution >= 4 is 5.97 Å². The monoisotopic (exact) mass is 198 g/mol. The van der Waals surface area contributed by atoms with Gasteiger partial charge in [-0.05, 0) is 19.3 Å². The Morgan fingerprint density at radius 1 is 1.36 bits per heavy atom. The predicted molar refractivity (Wildman–Crippen MR) is 59.3 cm³/mol. The lowest BCUT2D eigenvalue weighted by Gasteiger charge is -2.09. The lowest BCUT2D eigenvalue weighted by Crippen LogP contribution is -2.05. The number of carboxylic acid groups (broad SMARTS) is 1. The fourth-order valence-electron chi connectivity index (χ4n) is 1.60. The number of unbranched alkanes of at least 4 members (excludes halogenated alkanes) is 3. The van der Waals surface area contributed by atoms with E-state index in [4.69, 9.17) is 5.11 Å². The molecular formula is C12H22O2. The molecule has 0 aliphatic carbocycles. The van der Waals surface area contributed by atoms with Gasteiger partial charge < -0.3 is 5.11 Å². The molecule has 0 saturated heterocycles. The third-order valence-electron chi connectivity index (χ3n) is 2.33. The summed E-state index contributed by atoms with van der Waals surface area (Å²) in [6.07, 6.45) is 10.1. The van der Waals surface area contributed by atoms with Gasteiger partial charge in [0.1, 0.15) is 0 Å². The summed E-state index contributed by atoms with van der Waals surface area (Å²) in [5.74, 6) is -0.460. The maximum atomic E-state index is 10.5. The molecule has 0 fully saturated rings. The predicted octanol–water partition coefficient (Wildman–Crippen LogP) is 3.62. The van der Waals surface area contributed by atoms with Crippen LogP contribution >= 0.6 is 0 Å². The van der Waals surface area contributed by atoms with E-state index in [1.165, 1.54) is 19.3 Å². The van der Waals surface area contributed by atoms with Crippen LogP contribution in [0.15, 0.2) is 12.2 Å². The van der Waals surface area contributed by atoms with Crippen molar-refractivity contribution < 1.29 is 9.90 Å². The summed E-state index contributed by atoms with van der Waals surface area (Å²) in [5.41, 5.74) is 0. The van der Waals surface area contributed by atoms with E-state index in [0.29, 0.717) is 0 Å². The van der Waals surface area contributed by atoms with Gasteiger partial charge in [-0.15, -0.1) is 0 Å². The van der Waals surface area contributed by atoms with Crippen molar-refractivity contribution in [2.75, 3.05) is 0 Å². The van der Waals surface area contributed by atoms with Crippen molar-refractivity contribution in [1.29, 1.82) is 0 Å². The first-order valence-corrected chi connectivity index (χ1v) is 5.55. The Labute approximate surface area is 87.0 Å². The summed E-state index contributed by atoms with van der Waals surface area (Å²) in [7, 11) is 0. The smallest absolute Gasteiger partial charge is 0.303 e. The fraction of sp³-hybridized carbons (Fsp3) is 0.750. The van der Waals surface area contributed by atoms with Crippen LogP contribution in [0.5, 0.6) is 0 Å². The number of rotatable bonds is 8. The number of aliphatic carboxylic acids is 1. The van der Waals surface area contributed by atoms with Gasteiger partial charge in [-0.25, -0.2) is 0 Å². The van der Waals surface area contributed by atoms with E-state index in [1.807, 2.05) is 19.1 Å². The maximum absolute atomic E-state index is 10.5. The van der Waals surface area contributed by atoms with Crippen molar-refractivity contribution in [3.63, 3.8) is 0 Å². The third-order valence-corrected chi connectivity index (χ3v) is 2.33. The van der Waals surface area contributed by atoms with Crippen LogP contribution < -0.4 is 0 Å². The average Bonchev–Trinajstić information content (AvgIpc) is 2.12. The molecule has 14 heavy (non-hydrogen) atoms. The highest BCUT2D eigenvalue weighted by molar-refractivity contribution is 5.67. The number of hydrogen-bond acceptors (Lipinski definition) is 1. The van der Waals surface area contributed by atoms with Gasteiger partial charge in [0, 0.05) is 0 Å². The number of carboxylic acids is 1. The zero-order valence-corrected chi connectivity index (χ0v) is 9.33. The van der Waals surface area contributed by atoms with E-state index in [-0.39, 0.29) is 12.3 Å². The van der Waals surface area contributed by atoms with E-state index in [2.05, 4.69) is 6.92 Å². The minimum Gasteiger partial charge on any atom is -0.481 e. The standard InChI is InChI=1S/C12H22O2/c1-3-5-6-7-9-11(8-4-2)10-12(13)14/h4,8,11H,3,5-7,9-10H2,1-2H3,(H,13,14)/b8-4+/t11-/m0/s1. The molecule has 0 unspecified atom stereocenters. The largest absolute Gasteiger partial charge is 0.481 e. The van der Waals surface area contributed by atoms with Crippen LogP contribution in [0.2, 0.25) is 0 Å². The van der Waals surface area contributed by atoms with Gasteiger partial charge in [-0.2, -0.15) is 0 Å². The molecule has 0 amide bonds. The zero-order chi connectivity index (χ0) is 10.8. The van der Waals surface area contributed by atoms with E-state index >= 15 is 0 Å². The Morgan fingerprint density at radius 2 is 2.07 bits per heavy atom. The van der Waals surface area contributed by atoms with Crippen LogP contribution in [-0.2, 0) is 4.79 Å². The fourth-order valence-corrected chi connectivity index (χ4v) is 1.60. The van der Waals surface area contributed by atoms with E-state index in [0.717, 1.165) is 12.8 Å². The molecule has 0 spiro atoms. The van der Waals surface area contributed by atoms with Crippen LogP contribution in [0, 0.1) is 5.92 Å². The van der Waals surface area contributed by atoms with Gasteiger partial charge in [0.15, 0.2) is 0 Å². The van der Waals surface area contributed by atoms with E-state index in [9.17, 15) is 4.79 Å². The third kappa shape index (κ3) is 7.84. The Hall–Kier alpha value is -0.790. The SMILES string of the molecule is C/C=C/[C@@H](CCCCCC)CC(=O)O. The summed E-state index contributed by atoms with van der Waals surface area (Å²) in [6.45, 7) is 4.13. The number of carbonyl (C=O) groups is 1. The highest BCUT2D eigenvalue weighted by Gasteiger charge is 2.08. The second-order valence-corrected chi connectivity index (χ2v) is 3.73. The van der Waals surface area contributed by atoms with Crippen molar-refractivity contribution in [2.45, 2.75) is 52.4 Å². The summed E-state index contributed by atoms with van der Waals surface area (Å²) in [4.78, 5) is 10.5. The molecule has 1 atom stereocenters. The number of allylic oxidation sites excluding steroid dienone is 2. The van der Waals surface area contributed by atoms with Gasteiger partial charge in [0.25, 0.3) is 0 Å². The van der Waals surface area contributed by atoms with Gasteiger partial charge >= 0.3 is 5.97 Å². The van der Waals surface area contributed by atoms with E-state index in [1.54, 1.807) is 0 Å². The lowest BCUT2D eigenvalue weighted by molar-refractivity contribution is -0.137. The molecule has 1 N–H and O–H groups in total. The van der Waals surface area contributed by atoms with Crippen molar-refractivity contribution in [2.24, 2.45) is 5.92 Å². The molecule has 0 bridgehead atoms. The van der Waals surface area contributed by atoms with Crippen molar-refractivity contribution in [3.05, 3.63) is 12.2 Å². The molecule has 0 radical (unpaired) electrons. The topological polar surface area (TPSA) is 37.3 Å². The molecule has 2 heteroatoms. The van der Waals surface area contributed by atoms with Gasteiger partial charge in [0.2, 0.25) is 0 Å². The summed E-state index contributed by atoms with van der Waals surface area (Å²) in [5, 5.41) is 8.68. The minimum absolute atomic E-state index is 0.231. The minimum atomic E-state index is -0.691. The molecule has 0 saturated carbocycles. The molecule has 0 aromatic rings. The van der Waals surface area contributed by atoms with Crippen LogP contribution in [-0.4, -0.2) is 11.1 Å². The van der Waals surface area contributed by atoms with Crippen LogP contribution in [0.25, 0.3) is 0 Å². The van der Waals surface area contributed by atoms with Crippen LogP contribution in [0.3, 0.4) is 0 Å². The molecule has 0 aromatic carbocycles. The lowest BCUT2D eigenvalue weighted by atomic mass is 9.97. The average molecular weight is 198 g/mol. The Balaban J connectivity index is 3.67. The second kappa shape index (κ2) is 8.79. The molecular weight excluding hydrogens is 176 g/mol. The van der Waals surface area contributed by atoms with E-state index < -0.39 is 5.97 Å². The van der Waals surface area contributed by atoms with Crippen LogP contribution in [0.4, 0.5) is 0 Å². The Kier molecular flexibility index (Phi) is 8.30. The zero-order valence-electron chi connectivity index (χ0n) is 9.33. The summed E-state index contributed by atoms with van der Waals surface area (Å²) < 4.78 is 0. The van der Waals surface area contributed by atoms with Crippen molar-refractivity contribution in [1.82, 2.24) is 0 Å². The maximum Gasteiger partial charge on any atom is 0.303 e. The Morgan fingerprint density at radius 3 is 2.57 bits per heavy atom. The van der Waals surface area contributed by atoms with Gasteiger partial charge in [-0.3, -0.25) is 4.79 Å². The molecule has 2 nitrogen and oxygen atoms in total. The Bertz CT molecular complexity index is 173. The molecule has 0 aromatic heterocycles. The molecule has 0 heterocycles. The first-order chi connectivity index (χ1) is 6.70. The van der Waals surface area contributed by atoms with Gasteiger partial charge in [-0.1, -0.05) is 44.8 Å². The first kappa shape index (κ1) is 13.2. The molecule has 0 rings (SSSR count). The highest BCUT2D eigenvalue weighted by atomic mass is 16.4. The summed E-state index contributed by atoms with van der Waals surface area (Å²) >= 11 is 0. The van der Waals surface area contributed by atoms with Crippen molar-refractivity contribution in [3.8, 4) is 0 Å². The summed E-state index contributed by atoms with van der Waals surface area (Å²) in [6, 6.07) is 0. The molecule has 82 valence electrons. The first-order valence-electron chi connectivity index (χ1n) is 5.55. The second-order valence-electron chi connectivity index (χ2n) is 3.73. The normalized spacial score (nSPS) is 13.3. The van der Waals surface area contributed by atoms with Crippen LogP contribution in [0.1, 0.15) is 52.4 Å². The van der Waals surface area contributed by atoms with Gasteiger partial charge in [0.05, 0.1) is 6.42 Å². The molecule has 0 aliphatic rings. The molecule has 0 aliphatic heterocycles.